The van der Waals surface area contributed by atoms with Crippen LogP contribution < -0.4 is 20.4 Å². The molecule has 0 atom stereocenters. The Bertz CT molecular complexity index is 635. The molecule has 7 nitrogen and oxygen atoms in total. The first kappa shape index (κ1) is 16.2. The summed E-state index contributed by atoms with van der Waals surface area (Å²) in [5.74, 6) is 0. The number of aryl methyl sites for hydroxylation is 2. The Morgan fingerprint density at radius 1 is 0.950 bits per heavy atom. The van der Waals surface area contributed by atoms with E-state index in [2.05, 4.69) is 63.1 Å². The van der Waals surface area contributed by atoms with Crippen LogP contribution in [0.4, 0.5) is 0 Å². The standard InChI is InChI=1S/C12H12N2.H3NO3S.H3N/c1-3-7-13-9-10-14-8-4-2-6-12(14)11(13)5-1;1-5(2,3)4;/h1-8H,9-10H2;(H3,1,2,3,4);1H3/q+2;;. The van der Waals surface area contributed by atoms with Gasteiger partial charge < -0.3 is 6.15 Å². The lowest BCUT2D eigenvalue weighted by atomic mass is 10.2. The summed E-state index contributed by atoms with van der Waals surface area (Å²) in [6.45, 7) is 2.13. The van der Waals surface area contributed by atoms with Crippen LogP contribution >= 0.6 is 0 Å². The quantitative estimate of drug-likeness (QED) is 0.462. The van der Waals surface area contributed by atoms with Gasteiger partial charge in [-0.15, -0.1) is 0 Å². The number of hydrogen-bond donors (Lipinski definition) is 3. The van der Waals surface area contributed by atoms with Crippen molar-refractivity contribution in [2.45, 2.75) is 13.1 Å². The summed E-state index contributed by atoms with van der Waals surface area (Å²) in [6, 6.07) is 12.7. The second-order valence-electron chi connectivity index (χ2n) is 4.07. The molecule has 0 aliphatic carbocycles. The van der Waals surface area contributed by atoms with E-state index in [-0.39, 0.29) is 6.15 Å². The molecular weight excluding hydrogens is 280 g/mol. The van der Waals surface area contributed by atoms with Crippen molar-refractivity contribution in [3.8, 4) is 11.4 Å². The van der Waals surface area contributed by atoms with Gasteiger partial charge in [0.05, 0.1) is 0 Å². The second kappa shape index (κ2) is 6.53. The Kier molecular flexibility index (Phi) is 5.28. The highest BCUT2D eigenvalue weighted by Gasteiger charge is 2.27. The monoisotopic (exact) mass is 298 g/mol. The lowest BCUT2D eigenvalue weighted by Crippen LogP contribution is -2.52. The molecule has 6 N–H and O–H groups in total. The lowest BCUT2D eigenvalue weighted by molar-refractivity contribution is -0.794. The summed E-state index contributed by atoms with van der Waals surface area (Å²) in [5, 5.41) is 3.88. The molecule has 0 amide bonds. The van der Waals surface area contributed by atoms with E-state index in [0.717, 1.165) is 13.1 Å². The average Bonchev–Trinajstić information content (AvgIpc) is 2.37. The third kappa shape index (κ3) is 4.35. The first-order chi connectivity index (χ1) is 8.95. The van der Waals surface area contributed by atoms with Gasteiger partial charge in [0, 0.05) is 24.3 Å². The summed E-state index contributed by atoms with van der Waals surface area (Å²) in [7, 11) is -4.17. The number of pyridine rings is 2. The molecule has 0 spiro atoms. The number of nitrogens with zero attached hydrogens (tertiary/aromatic N) is 2. The van der Waals surface area contributed by atoms with Crippen LogP contribution in [0.5, 0.6) is 0 Å². The van der Waals surface area contributed by atoms with Crippen molar-refractivity contribution in [3.63, 3.8) is 0 Å². The van der Waals surface area contributed by atoms with Gasteiger partial charge in [0.15, 0.2) is 12.4 Å². The molecule has 1 aliphatic rings. The van der Waals surface area contributed by atoms with E-state index in [4.69, 9.17) is 13.0 Å². The van der Waals surface area contributed by atoms with E-state index < -0.39 is 10.3 Å². The van der Waals surface area contributed by atoms with Crippen LogP contribution in [0.2, 0.25) is 0 Å². The Labute approximate surface area is 117 Å². The normalized spacial score (nSPS) is 12.1. The summed E-state index contributed by atoms with van der Waals surface area (Å²) in [6.07, 6.45) is 4.29. The van der Waals surface area contributed by atoms with E-state index in [1.807, 2.05) is 0 Å². The largest absolute Gasteiger partial charge is 0.344 e. The van der Waals surface area contributed by atoms with Gasteiger partial charge in [-0.05, 0) is 12.1 Å². The summed E-state index contributed by atoms with van der Waals surface area (Å²) in [5.41, 5.74) is 2.61. The van der Waals surface area contributed by atoms with Gasteiger partial charge in [0.25, 0.3) is 11.4 Å². The minimum atomic E-state index is -4.17. The van der Waals surface area contributed by atoms with E-state index in [1.165, 1.54) is 11.4 Å². The fraction of sp³-hybridized carbons (Fsp3) is 0.167. The highest BCUT2D eigenvalue weighted by molar-refractivity contribution is 7.83. The first-order valence-corrected chi connectivity index (χ1v) is 7.18. The van der Waals surface area contributed by atoms with E-state index in [9.17, 15) is 0 Å². The Balaban J connectivity index is 0.000000293. The van der Waals surface area contributed by atoms with Crippen LogP contribution in [0.25, 0.3) is 11.4 Å². The van der Waals surface area contributed by atoms with Crippen molar-refractivity contribution in [3.05, 3.63) is 48.8 Å². The van der Waals surface area contributed by atoms with Gasteiger partial charge in [0.2, 0.25) is 13.1 Å². The maximum Gasteiger partial charge on any atom is 0.330 e. The van der Waals surface area contributed by atoms with Gasteiger partial charge in [-0.1, -0.05) is 0 Å². The number of hydrogen-bond acceptors (Lipinski definition) is 3. The molecule has 108 valence electrons. The van der Waals surface area contributed by atoms with Crippen molar-refractivity contribution in [1.82, 2.24) is 6.15 Å². The van der Waals surface area contributed by atoms with Crippen molar-refractivity contribution >= 4 is 10.3 Å². The molecule has 0 saturated carbocycles. The van der Waals surface area contributed by atoms with E-state index >= 15 is 0 Å². The maximum atomic E-state index is 8.97. The zero-order valence-electron chi connectivity index (χ0n) is 10.9. The summed E-state index contributed by atoms with van der Waals surface area (Å²) >= 11 is 0. The predicted molar refractivity (Wildman–Crippen MR) is 73.0 cm³/mol. The molecule has 0 saturated heterocycles. The summed E-state index contributed by atoms with van der Waals surface area (Å²) < 4.78 is 29.8. The minimum absolute atomic E-state index is 0. The maximum absolute atomic E-state index is 8.97. The molecule has 0 radical (unpaired) electrons. The predicted octanol–water partition coefficient (Wildman–Crippen LogP) is -0.148. The van der Waals surface area contributed by atoms with Crippen LogP contribution in [0.1, 0.15) is 0 Å². The van der Waals surface area contributed by atoms with Crippen LogP contribution in [-0.4, -0.2) is 13.0 Å². The third-order valence-electron chi connectivity index (χ3n) is 2.73. The Morgan fingerprint density at radius 2 is 1.30 bits per heavy atom. The zero-order chi connectivity index (χ0) is 13.9. The number of aromatic nitrogens is 2. The van der Waals surface area contributed by atoms with Gasteiger partial charge in [-0.25, -0.2) is 5.14 Å². The highest BCUT2D eigenvalue weighted by Crippen LogP contribution is 2.11. The van der Waals surface area contributed by atoms with Crippen LogP contribution in [0.3, 0.4) is 0 Å². The first-order valence-electron chi connectivity index (χ1n) is 5.68. The zero-order valence-corrected chi connectivity index (χ0v) is 11.7. The van der Waals surface area contributed by atoms with Crippen LogP contribution in [0, 0.1) is 0 Å². The van der Waals surface area contributed by atoms with E-state index in [1.54, 1.807) is 0 Å². The molecule has 2 aromatic rings. The molecule has 3 rings (SSSR count). The molecule has 0 fully saturated rings. The molecular formula is C12H18N4O3S+2. The van der Waals surface area contributed by atoms with Crippen LogP contribution in [0.15, 0.2) is 48.8 Å². The van der Waals surface area contributed by atoms with Gasteiger partial charge in [-0.3, -0.25) is 4.55 Å². The van der Waals surface area contributed by atoms with Crippen LogP contribution in [-0.2, 0) is 23.4 Å². The Hall–Kier alpha value is -1.87. The van der Waals surface area contributed by atoms with Gasteiger partial charge in [0.1, 0.15) is 0 Å². The van der Waals surface area contributed by atoms with Gasteiger partial charge in [-0.2, -0.15) is 17.6 Å². The second-order valence-corrected chi connectivity index (χ2v) is 5.10. The van der Waals surface area contributed by atoms with Crippen molar-refractivity contribution in [2.75, 3.05) is 0 Å². The van der Waals surface area contributed by atoms with Crippen molar-refractivity contribution in [2.24, 2.45) is 5.14 Å². The van der Waals surface area contributed by atoms with Gasteiger partial charge >= 0.3 is 10.3 Å². The molecule has 1 aliphatic heterocycles. The SMILES string of the molecule is N.NS(=O)(=O)O.c1cc[n+]2c(c1)-c1cccc[n+]1CC2. The minimum Gasteiger partial charge on any atom is -0.344 e. The number of nitrogens with two attached hydrogens (primary N) is 1. The third-order valence-corrected chi connectivity index (χ3v) is 2.73. The summed E-state index contributed by atoms with van der Waals surface area (Å²) in [4.78, 5) is 0. The lowest BCUT2D eigenvalue weighted by Gasteiger charge is -2.08. The number of rotatable bonds is 0. The molecule has 8 heteroatoms. The van der Waals surface area contributed by atoms with E-state index in [0.29, 0.717) is 0 Å². The molecule has 20 heavy (non-hydrogen) atoms. The molecule has 3 heterocycles. The number of fused-ring (bicyclic) bond motifs is 3. The smallest absolute Gasteiger partial charge is 0.330 e. The average molecular weight is 298 g/mol. The Morgan fingerprint density at radius 3 is 1.65 bits per heavy atom. The molecule has 2 aromatic heterocycles. The molecule has 0 unspecified atom stereocenters. The fourth-order valence-corrected chi connectivity index (χ4v) is 2.02. The fourth-order valence-electron chi connectivity index (χ4n) is 2.02. The van der Waals surface area contributed by atoms with Crippen molar-refractivity contribution in [1.29, 1.82) is 0 Å². The highest BCUT2D eigenvalue weighted by atomic mass is 32.2. The topological polar surface area (TPSA) is 123 Å². The van der Waals surface area contributed by atoms with Crippen molar-refractivity contribution < 1.29 is 22.1 Å². The molecule has 0 aromatic carbocycles. The molecule has 0 bridgehead atoms.